The van der Waals surface area contributed by atoms with Gasteiger partial charge in [-0.05, 0) is 71.1 Å². The number of ether oxygens (including phenoxy) is 3. The van der Waals surface area contributed by atoms with Gasteiger partial charge in [-0.15, -0.1) is 6.58 Å². The van der Waals surface area contributed by atoms with Crippen molar-refractivity contribution in [3.63, 3.8) is 0 Å². The first-order valence-electron chi connectivity index (χ1n) is 18.9. The van der Waals surface area contributed by atoms with Crippen LogP contribution in [0, 0.1) is 17.3 Å². The van der Waals surface area contributed by atoms with Crippen molar-refractivity contribution in [3.8, 4) is 23.0 Å². The number of aromatic nitrogens is 2. The van der Waals surface area contributed by atoms with E-state index in [4.69, 9.17) is 24.2 Å². The second-order valence-electron chi connectivity index (χ2n) is 16.7. The molecule has 0 bridgehead atoms. The third kappa shape index (κ3) is 11.4. The number of hydrogen-bond acceptors (Lipinski definition) is 11. The number of hydrogen-bond donors (Lipinski definition) is 4. The first-order valence-corrected chi connectivity index (χ1v) is 20.4. The van der Waals surface area contributed by atoms with E-state index in [1.165, 1.54) is 27.0 Å². The van der Waals surface area contributed by atoms with Gasteiger partial charge in [-0.1, -0.05) is 64.1 Å². The minimum Gasteiger partial charge on any atom is -0.497 e. The summed E-state index contributed by atoms with van der Waals surface area (Å²) in [6, 6.07) is 13.5. The van der Waals surface area contributed by atoms with Crippen molar-refractivity contribution in [1.29, 1.82) is 0 Å². The molecule has 3 aromatic rings. The molecule has 0 aliphatic heterocycles. The average Bonchev–Trinajstić information content (AvgIpc) is 3.85. The molecule has 0 radical (unpaired) electrons. The van der Waals surface area contributed by atoms with Gasteiger partial charge in [0, 0.05) is 17.4 Å². The highest BCUT2D eigenvalue weighted by molar-refractivity contribution is 7.90. The lowest BCUT2D eigenvalue weighted by Crippen LogP contribution is -2.56. The monoisotopic (exact) mass is 808 g/mol. The molecule has 0 saturated heterocycles. The molecule has 0 spiro atoms. The van der Waals surface area contributed by atoms with E-state index in [0.29, 0.717) is 22.5 Å². The van der Waals surface area contributed by atoms with Crippen LogP contribution in [0.25, 0.3) is 22.3 Å². The van der Waals surface area contributed by atoms with Gasteiger partial charge in [-0.25, -0.2) is 18.2 Å². The molecule has 5 atom stereocenters. The summed E-state index contributed by atoms with van der Waals surface area (Å²) in [7, 11) is -2.45. The zero-order chi connectivity index (χ0) is 42.5. The number of nitrogens with one attached hydrogen (secondary N) is 4. The maximum absolute atomic E-state index is 13.9. The Morgan fingerprint density at radius 1 is 0.982 bits per heavy atom. The van der Waals surface area contributed by atoms with E-state index in [1.807, 2.05) is 30.3 Å². The maximum atomic E-state index is 13.9. The number of fused-ring (bicyclic) bond motifs is 1. The molecule has 1 heterocycles. The number of carbonyl (C=O) groups is 4. The molecule has 2 aromatic carbocycles. The van der Waals surface area contributed by atoms with Crippen LogP contribution >= 0.6 is 0 Å². The molecule has 16 heteroatoms. The predicted octanol–water partition coefficient (Wildman–Crippen LogP) is 5.05. The molecule has 15 nitrogen and oxygen atoms in total. The minimum absolute atomic E-state index is 0.00265. The van der Waals surface area contributed by atoms with E-state index < -0.39 is 79.6 Å². The van der Waals surface area contributed by atoms with E-state index in [1.54, 1.807) is 66.7 Å². The molecule has 1 saturated carbocycles. The molecule has 4 N–H and O–H groups in total. The molecule has 1 fully saturated rings. The van der Waals surface area contributed by atoms with Crippen LogP contribution in [0.5, 0.6) is 11.6 Å². The van der Waals surface area contributed by atoms with Crippen LogP contribution < -0.4 is 30.1 Å². The average molecular weight is 809 g/mol. The lowest BCUT2D eigenvalue weighted by atomic mass is 9.86. The van der Waals surface area contributed by atoms with Gasteiger partial charge in [0.15, 0.2) is 5.82 Å². The predicted molar refractivity (Wildman–Crippen MR) is 217 cm³/mol. The summed E-state index contributed by atoms with van der Waals surface area (Å²) < 4.78 is 44.8. The smallest absolute Gasteiger partial charge is 0.408 e. The van der Waals surface area contributed by atoms with Crippen molar-refractivity contribution >= 4 is 44.7 Å². The van der Waals surface area contributed by atoms with Crippen LogP contribution in [0.3, 0.4) is 0 Å². The van der Waals surface area contributed by atoms with Gasteiger partial charge in [-0.3, -0.25) is 19.1 Å². The minimum atomic E-state index is -3.98. The van der Waals surface area contributed by atoms with Crippen molar-refractivity contribution in [2.75, 3.05) is 13.7 Å². The van der Waals surface area contributed by atoms with Gasteiger partial charge < -0.3 is 30.2 Å². The Hall–Kier alpha value is -5.25. The van der Waals surface area contributed by atoms with Crippen molar-refractivity contribution in [2.45, 2.75) is 104 Å². The highest BCUT2D eigenvalue weighted by Crippen LogP contribution is 2.45. The topological polar surface area (TPSA) is 204 Å². The Balaban J connectivity index is 1.68. The third-order valence-corrected chi connectivity index (χ3v) is 11.2. The number of amides is 4. The summed E-state index contributed by atoms with van der Waals surface area (Å²) in [5, 5.41) is 7.99. The van der Waals surface area contributed by atoms with E-state index in [9.17, 15) is 27.6 Å². The van der Waals surface area contributed by atoms with Gasteiger partial charge in [0.2, 0.25) is 27.7 Å². The van der Waals surface area contributed by atoms with Crippen molar-refractivity contribution in [3.05, 3.63) is 61.2 Å². The van der Waals surface area contributed by atoms with Crippen LogP contribution in [-0.4, -0.2) is 84.4 Å². The fourth-order valence-electron chi connectivity index (χ4n) is 5.98. The van der Waals surface area contributed by atoms with Crippen LogP contribution in [0.4, 0.5) is 4.79 Å². The van der Waals surface area contributed by atoms with Gasteiger partial charge >= 0.3 is 6.09 Å². The van der Waals surface area contributed by atoms with Crippen LogP contribution in [0.2, 0.25) is 0 Å². The fraction of sp³-hybridized carbons (Fsp3) is 0.512. The third-order valence-electron chi connectivity index (χ3n) is 9.44. The lowest BCUT2D eigenvalue weighted by molar-refractivity contribution is -0.131. The molecule has 1 aliphatic carbocycles. The van der Waals surface area contributed by atoms with E-state index >= 15 is 0 Å². The van der Waals surface area contributed by atoms with Crippen LogP contribution in [0.1, 0.15) is 75.2 Å². The van der Waals surface area contributed by atoms with E-state index in [2.05, 4.69) is 27.3 Å². The largest absolute Gasteiger partial charge is 0.497 e. The van der Waals surface area contributed by atoms with Crippen molar-refractivity contribution in [2.24, 2.45) is 17.3 Å². The van der Waals surface area contributed by atoms with Crippen molar-refractivity contribution in [1.82, 2.24) is 30.6 Å². The Labute approximate surface area is 335 Å². The van der Waals surface area contributed by atoms with E-state index in [0.717, 1.165) is 5.56 Å². The number of sulfonamides is 1. The van der Waals surface area contributed by atoms with E-state index in [-0.39, 0.29) is 25.3 Å². The zero-order valence-electron chi connectivity index (χ0n) is 34.4. The first kappa shape index (κ1) is 44.5. The second kappa shape index (κ2) is 17.5. The van der Waals surface area contributed by atoms with Crippen molar-refractivity contribution < 1.29 is 41.8 Å². The lowest BCUT2D eigenvalue weighted by Gasteiger charge is -2.32. The fourth-order valence-corrected chi connectivity index (χ4v) is 6.65. The molecular weight excluding hydrogens is 753 g/mol. The highest BCUT2D eigenvalue weighted by atomic mass is 32.2. The van der Waals surface area contributed by atoms with Gasteiger partial charge in [-0.2, -0.15) is 4.98 Å². The second-order valence-corrected chi connectivity index (χ2v) is 18.9. The summed E-state index contributed by atoms with van der Waals surface area (Å²) in [5.41, 5.74) is -1.76. The SMILES string of the molecule is C=CC1CC1(NC(=O)[C@@H](C)C[C@H](CNC(=O)[C@@H](NC(=O)OC(C)(C)C)C(C)(C)C)Oc1nc(-c2ccccc2)nc2ccc(OC)cc12)C(=O)NS(=O)(=O)C(C)C. The Morgan fingerprint density at radius 3 is 2.21 bits per heavy atom. The zero-order valence-corrected chi connectivity index (χ0v) is 35.2. The Bertz CT molecular complexity index is 2080. The number of benzene rings is 2. The Morgan fingerprint density at radius 2 is 1.65 bits per heavy atom. The van der Waals surface area contributed by atoms with Crippen LogP contribution in [-0.2, 0) is 29.1 Å². The summed E-state index contributed by atoms with van der Waals surface area (Å²) in [6.45, 7) is 18.7. The molecule has 1 aliphatic rings. The quantitative estimate of drug-likeness (QED) is 0.141. The van der Waals surface area contributed by atoms with Gasteiger partial charge in [0.1, 0.15) is 29.0 Å². The number of nitrogens with zero attached hydrogens (tertiary/aromatic N) is 2. The first-order chi connectivity index (χ1) is 26.5. The summed E-state index contributed by atoms with van der Waals surface area (Å²) in [6.07, 6.45) is -0.0000134. The number of methoxy groups -OCH3 is 1. The maximum Gasteiger partial charge on any atom is 0.408 e. The van der Waals surface area contributed by atoms with Gasteiger partial charge in [0.25, 0.3) is 5.91 Å². The summed E-state index contributed by atoms with van der Waals surface area (Å²) >= 11 is 0. The molecule has 1 aromatic heterocycles. The number of alkyl carbamates (subject to hydrolysis) is 1. The summed E-state index contributed by atoms with van der Waals surface area (Å²) in [4.78, 5) is 63.4. The highest BCUT2D eigenvalue weighted by Gasteiger charge is 2.60. The molecule has 4 amide bonds. The molecule has 4 rings (SSSR count). The Kier molecular flexibility index (Phi) is 13.6. The number of carbonyl (C=O) groups excluding carboxylic acids is 4. The normalized spacial score (nSPS) is 18.4. The summed E-state index contributed by atoms with van der Waals surface area (Å²) in [5.74, 6) is -2.19. The molecule has 310 valence electrons. The molecular formula is C41H56N6O9S. The van der Waals surface area contributed by atoms with Crippen LogP contribution in [0.15, 0.2) is 61.2 Å². The molecule has 57 heavy (non-hydrogen) atoms. The number of rotatable bonds is 16. The van der Waals surface area contributed by atoms with Gasteiger partial charge in [0.05, 0.1) is 29.8 Å². The standard InChI is InChI=1S/C41H56N6O9S/c1-12-27-22-41(27,37(50)47-57(52,53)24(2)3)46-34(48)25(4)20-29(23-42-35(49)32(39(5,6)7)44-38(51)56-40(8,9)10)55-36-30-21-28(54-11)18-19-31(30)43-33(45-36)26-16-14-13-15-17-26/h12-19,21,24-25,27,29,32H,1,20,22-23H2,2-11H3,(H,42,49)(H,44,51)(H,46,48)(H,47,50)/t25-,27?,29+,32+,41?/m0/s1. The molecule has 2 unspecified atom stereocenters.